The minimum Gasteiger partial charge on any atom is -0.364 e. The van der Waals surface area contributed by atoms with Crippen LogP contribution in [0.5, 0.6) is 0 Å². The van der Waals surface area contributed by atoms with Gasteiger partial charge in [0.25, 0.3) is 0 Å². The molecule has 9 heteroatoms. The molecule has 0 saturated carbocycles. The average Bonchev–Trinajstić information content (AvgIpc) is 2.54. The molecular weight excluding hydrogens is 253 g/mol. The monoisotopic (exact) mass is 266 g/mol. The first-order valence-corrected chi connectivity index (χ1v) is 5.27. The molecule has 0 radical (unpaired) electrons. The fourth-order valence-electron chi connectivity index (χ4n) is 1.52. The number of nitrogens with zero attached hydrogens (tertiary/aromatic N) is 3. The normalized spacial score (nSPS) is 11.6. The van der Waals surface area contributed by atoms with E-state index in [0.717, 1.165) is 0 Å². The first kappa shape index (κ1) is 14.3. The van der Waals surface area contributed by atoms with Crippen LogP contribution >= 0.6 is 0 Å². The van der Waals surface area contributed by atoms with E-state index < -0.39 is 24.1 Å². The molecule has 1 aromatic heterocycles. The minimum atomic E-state index is -4.30. The number of halogens is 3. The van der Waals surface area contributed by atoms with Crippen LogP contribution in [0.3, 0.4) is 0 Å². The molecule has 0 aliphatic heterocycles. The molecule has 18 heavy (non-hydrogen) atoms. The van der Waals surface area contributed by atoms with Crippen molar-refractivity contribution in [3.8, 4) is 0 Å². The Morgan fingerprint density at radius 2 is 2.11 bits per heavy atom. The third-order valence-corrected chi connectivity index (χ3v) is 2.31. The summed E-state index contributed by atoms with van der Waals surface area (Å²) in [5, 5.41) is 17.2. The van der Waals surface area contributed by atoms with Crippen molar-refractivity contribution in [3.63, 3.8) is 0 Å². The molecular formula is C9H13F3N4O2. The van der Waals surface area contributed by atoms with Gasteiger partial charge in [-0.25, -0.2) is 4.68 Å². The van der Waals surface area contributed by atoms with E-state index >= 15 is 0 Å². The fourth-order valence-corrected chi connectivity index (χ4v) is 1.52. The lowest BCUT2D eigenvalue weighted by Gasteiger charge is -2.08. The third kappa shape index (κ3) is 3.34. The Morgan fingerprint density at radius 3 is 2.56 bits per heavy atom. The van der Waals surface area contributed by atoms with Crippen LogP contribution in [0.25, 0.3) is 0 Å². The zero-order valence-electron chi connectivity index (χ0n) is 9.91. The number of nitro groups is 1. The second kappa shape index (κ2) is 5.23. The lowest BCUT2D eigenvalue weighted by Crippen LogP contribution is -2.16. The molecule has 0 aromatic carbocycles. The van der Waals surface area contributed by atoms with Gasteiger partial charge in [0.2, 0.25) is 5.82 Å². The maximum atomic E-state index is 12.0. The summed E-state index contributed by atoms with van der Waals surface area (Å²) in [5.41, 5.74) is -0.0146. The molecule has 1 aromatic rings. The number of aromatic nitrogens is 2. The summed E-state index contributed by atoms with van der Waals surface area (Å²) in [4.78, 5) is 10.2. The van der Waals surface area contributed by atoms with Gasteiger partial charge in [0.1, 0.15) is 5.69 Å². The molecule has 0 fully saturated rings. The quantitative estimate of drug-likeness (QED) is 0.655. The lowest BCUT2D eigenvalue weighted by atomic mass is 10.3. The summed E-state index contributed by atoms with van der Waals surface area (Å²) >= 11 is 0. The van der Waals surface area contributed by atoms with Gasteiger partial charge >= 0.3 is 11.9 Å². The van der Waals surface area contributed by atoms with Crippen molar-refractivity contribution in [1.82, 2.24) is 9.78 Å². The van der Waals surface area contributed by atoms with E-state index in [1.807, 2.05) is 0 Å². The van der Waals surface area contributed by atoms with Gasteiger partial charge in [-0.15, -0.1) is 0 Å². The van der Waals surface area contributed by atoms with Crippen molar-refractivity contribution < 1.29 is 18.1 Å². The molecule has 0 amide bonds. The van der Waals surface area contributed by atoms with Crippen molar-refractivity contribution in [1.29, 1.82) is 0 Å². The van der Waals surface area contributed by atoms with Crippen molar-refractivity contribution in [3.05, 3.63) is 15.8 Å². The van der Waals surface area contributed by atoms with Gasteiger partial charge in [-0.05, 0) is 6.42 Å². The first-order chi connectivity index (χ1) is 8.26. The van der Waals surface area contributed by atoms with E-state index in [0.29, 0.717) is 6.42 Å². The Hall–Kier alpha value is -1.80. The molecule has 0 atom stereocenters. The Labute approximate surface area is 101 Å². The van der Waals surface area contributed by atoms with Crippen LogP contribution in [-0.2, 0) is 13.5 Å². The summed E-state index contributed by atoms with van der Waals surface area (Å²) in [5.74, 6) is 0.00102. The highest BCUT2D eigenvalue weighted by Crippen LogP contribution is 2.29. The molecule has 1 rings (SSSR count). The highest BCUT2D eigenvalue weighted by atomic mass is 19.4. The zero-order valence-corrected chi connectivity index (χ0v) is 9.91. The molecule has 1 heterocycles. The predicted molar refractivity (Wildman–Crippen MR) is 58.4 cm³/mol. The molecule has 102 valence electrons. The maximum absolute atomic E-state index is 12.0. The van der Waals surface area contributed by atoms with E-state index in [1.54, 1.807) is 6.92 Å². The van der Waals surface area contributed by atoms with Crippen LogP contribution < -0.4 is 5.32 Å². The Balaban J connectivity index is 2.88. The molecule has 0 unspecified atom stereocenters. The minimum absolute atomic E-state index is 0.00102. The van der Waals surface area contributed by atoms with Crippen LogP contribution in [0.4, 0.5) is 24.7 Å². The summed E-state index contributed by atoms with van der Waals surface area (Å²) in [6.07, 6.45) is -5.02. The van der Waals surface area contributed by atoms with E-state index in [1.165, 1.54) is 11.7 Å². The summed E-state index contributed by atoms with van der Waals surface area (Å²) in [6, 6.07) is 0. The van der Waals surface area contributed by atoms with Crippen LogP contribution in [0.1, 0.15) is 19.0 Å². The van der Waals surface area contributed by atoms with Crippen LogP contribution in [-0.4, -0.2) is 27.4 Å². The van der Waals surface area contributed by atoms with Crippen molar-refractivity contribution in [2.24, 2.45) is 7.05 Å². The molecule has 0 aliphatic rings. The Bertz CT molecular complexity index is 442. The number of rotatable bonds is 5. The van der Waals surface area contributed by atoms with Gasteiger partial charge in [-0.3, -0.25) is 10.1 Å². The summed E-state index contributed by atoms with van der Waals surface area (Å²) in [6.45, 7) is 1.27. The van der Waals surface area contributed by atoms with E-state index in [-0.39, 0.29) is 17.2 Å². The zero-order chi connectivity index (χ0) is 13.9. The van der Waals surface area contributed by atoms with Crippen LogP contribution in [0, 0.1) is 10.1 Å². The van der Waals surface area contributed by atoms with Gasteiger partial charge in [0.05, 0.1) is 11.3 Å². The second-order valence-electron chi connectivity index (χ2n) is 3.67. The number of alkyl halides is 3. The van der Waals surface area contributed by atoms with Crippen molar-refractivity contribution >= 4 is 11.5 Å². The average molecular weight is 266 g/mol. The molecule has 0 bridgehead atoms. The van der Waals surface area contributed by atoms with Gasteiger partial charge in [0.15, 0.2) is 0 Å². The van der Waals surface area contributed by atoms with Crippen LogP contribution in [0.2, 0.25) is 0 Å². The number of nitrogens with one attached hydrogen (secondary N) is 1. The summed E-state index contributed by atoms with van der Waals surface area (Å²) < 4.78 is 37.2. The van der Waals surface area contributed by atoms with Crippen molar-refractivity contribution in [2.75, 3.05) is 11.9 Å². The standard InChI is InChI=1S/C9H13F3N4O2/c1-3-6-7(16(17)18)8(15(2)14-6)13-5-4-9(10,11)12/h13H,3-5H2,1-2H3. The largest absolute Gasteiger partial charge is 0.390 e. The Kier molecular flexibility index (Phi) is 4.15. The second-order valence-corrected chi connectivity index (χ2v) is 3.67. The van der Waals surface area contributed by atoms with E-state index in [2.05, 4.69) is 10.4 Å². The number of aryl methyl sites for hydroxylation is 2. The third-order valence-electron chi connectivity index (χ3n) is 2.31. The number of anilines is 1. The van der Waals surface area contributed by atoms with E-state index in [4.69, 9.17) is 0 Å². The van der Waals surface area contributed by atoms with Gasteiger partial charge in [-0.1, -0.05) is 6.92 Å². The summed E-state index contributed by atoms with van der Waals surface area (Å²) in [7, 11) is 1.45. The van der Waals surface area contributed by atoms with Gasteiger partial charge in [0, 0.05) is 13.6 Å². The van der Waals surface area contributed by atoms with E-state index in [9.17, 15) is 23.3 Å². The molecule has 0 spiro atoms. The highest BCUT2D eigenvalue weighted by Gasteiger charge is 2.29. The van der Waals surface area contributed by atoms with Crippen molar-refractivity contribution in [2.45, 2.75) is 25.9 Å². The topological polar surface area (TPSA) is 73.0 Å². The molecule has 0 aliphatic carbocycles. The van der Waals surface area contributed by atoms with Gasteiger partial charge in [-0.2, -0.15) is 18.3 Å². The Morgan fingerprint density at radius 1 is 1.50 bits per heavy atom. The highest BCUT2D eigenvalue weighted by molar-refractivity contribution is 5.59. The lowest BCUT2D eigenvalue weighted by molar-refractivity contribution is -0.384. The predicted octanol–water partition coefficient (Wildman–Crippen LogP) is 2.25. The molecule has 0 saturated heterocycles. The van der Waals surface area contributed by atoms with Crippen LogP contribution in [0.15, 0.2) is 0 Å². The first-order valence-electron chi connectivity index (χ1n) is 5.27. The number of hydrogen-bond acceptors (Lipinski definition) is 4. The molecule has 6 nitrogen and oxygen atoms in total. The SMILES string of the molecule is CCc1nn(C)c(NCCC(F)(F)F)c1[N+](=O)[O-]. The fraction of sp³-hybridized carbons (Fsp3) is 0.667. The maximum Gasteiger partial charge on any atom is 0.390 e. The smallest absolute Gasteiger partial charge is 0.364 e. The molecule has 1 N–H and O–H groups in total. The number of hydrogen-bond donors (Lipinski definition) is 1. The van der Waals surface area contributed by atoms with Gasteiger partial charge < -0.3 is 5.32 Å².